The van der Waals surface area contributed by atoms with Crippen molar-refractivity contribution in [2.24, 2.45) is 7.05 Å². The summed E-state index contributed by atoms with van der Waals surface area (Å²) in [6.07, 6.45) is 3.98. The molecule has 1 atom stereocenters. The Balaban J connectivity index is 1.67. The molecule has 29 heavy (non-hydrogen) atoms. The van der Waals surface area contributed by atoms with Gasteiger partial charge in [-0.05, 0) is 35.7 Å². The van der Waals surface area contributed by atoms with E-state index in [9.17, 15) is 4.79 Å². The third-order valence-corrected chi connectivity index (χ3v) is 4.88. The number of rotatable bonds is 8. The van der Waals surface area contributed by atoms with Crippen molar-refractivity contribution in [1.29, 1.82) is 0 Å². The Hall–Kier alpha value is -2.99. The third-order valence-electron chi connectivity index (χ3n) is 4.55. The van der Waals surface area contributed by atoms with Crippen LogP contribution in [0.2, 0.25) is 5.02 Å². The number of halogens is 1. The first-order chi connectivity index (χ1) is 14.0. The predicted molar refractivity (Wildman–Crippen MR) is 114 cm³/mol. The Bertz CT molecular complexity index is 987. The fraction of sp³-hybridized carbons (Fsp3) is 0.273. The van der Waals surface area contributed by atoms with Crippen LogP contribution in [0, 0.1) is 0 Å². The summed E-state index contributed by atoms with van der Waals surface area (Å²) in [6, 6.07) is 12.9. The number of hydrogen-bond donors (Lipinski definition) is 1. The van der Waals surface area contributed by atoms with E-state index in [-0.39, 0.29) is 11.8 Å². The van der Waals surface area contributed by atoms with Crippen LogP contribution in [-0.2, 0) is 18.4 Å². The SMILES string of the molecule is COc1ccc(C(C)CC(=O)Nc2ccccc2Cl)cc1OCc1cnn(C)c1. The lowest BCUT2D eigenvalue weighted by Crippen LogP contribution is -2.14. The van der Waals surface area contributed by atoms with Crippen LogP contribution < -0.4 is 14.8 Å². The molecule has 1 unspecified atom stereocenters. The quantitative estimate of drug-likeness (QED) is 0.576. The number of carbonyl (C=O) groups excluding carboxylic acids is 1. The number of nitrogens with zero attached hydrogens (tertiary/aromatic N) is 2. The van der Waals surface area contributed by atoms with Crippen LogP contribution in [0.4, 0.5) is 5.69 Å². The smallest absolute Gasteiger partial charge is 0.225 e. The monoisotopic (exact) mass is 413 g/mol. The van der Waals surface area contributed by atoms with E-state index in [0.29, 0.717) is 35.2 Å². The molecular formula is C22H24ClN3O3. The summed E-state index contributed by atoms with van der Waals surface area (Å²) in [5, 5.41) is 7.52. The second kappa shape index (κ2) is 9.47. The minimum Gasteiger partial charge on any atom is -0.493 e. The first-order valence-corrected chi connectivity index (χ1v) is 9.66. The fourth-order valence-corrected chi connectivity index (χ4v) is 3.16. The fourth-order valence-electron chi connectivity index (χ4n) is 2.98. The van der Waals surface area contributed by atoms with Gasteiger partial charge in [-0.25, -0.2) is 0 Å². The van der Waals surface area contributed by atoms with Gasteiger partial charge in [0, 0.05) is 25.2 Å². The number of methoxy groups -OCH3 is 1. The van der Waals surface area contributed by atoms with Gasteiger partial charge in [0.2, 0.25) is 5.91 Å². The molecule has 2 aromatic carbocycles. The lowest BCUT2D eigenvalue weighted by atomic mass is 9.97. The highest BCUT2D eigenvalue weighted by Crippen LogP contribution is 2.33. The van der Waals surface area contributed by atoms with Crippen LogP contribution in [0.1, 0.15) is 30.4 Å². The number of aryl methyl sites for hydroxylation is 1. The largest absolute Gasteiger partial charge is 0.493 e. The molecule has 6 nitrogen and oxygen atoms in total. The van der Waals surface area contributed by atoms with Crippen LogP contribution in [-0.4, -0.2) is 22.8 Å². The minimum absolute atomic E-state index is 0.0101. The molecule has 0 spiro atoms. The van der Waals surface area contributed by atoms with E-state index in [1.165, 1.54) is 0 Å². The third kappa shape index (κ3) is 5.51. The van der Waals surface area contributed by atoms with E-state index < -0.39 is 0 Å². The molecule has 1 aromatic heterocycles. The van der Waals surface area contributed by atoms with Gasteiger partial charge in [-0.15, -0.1) is 0 Å². The molecule has 1 N–H and O–H groups in total. The normalized spacial score (nSPS) is 11.7. The van der Waals surface area contributed by atoms with Crippen molar-refractivity contribution in [3.63, 3.8) is 0 Å². The molecule has 0 aliphatic rings. The summed E-state index contributed by atoms with van der Waals surface area (Å²) in [5.74, 6) is 1.17. The summed E-state index contributed by atoms with van der Waals surface area (Å²) >= 11 is 6.11. The molecule has 7 heteroatoms. The molecular weight excluding hydrogens is 390 g/mol. The van der Waals surface area contributed by atoms with Crippen LogP contribution in [0.3, 0.4) is 0 Å². The van der Waals surface area contributed by atoms with Crippen molar-refractivity contribution in [2.45, 2.75) is 25.9 Å². The number of aromatic nitrogens is 2. The molecule has 3 aromatic rings. The predicted octanol–water partition coefficient (Wildman–Crippen LogP) is 4.79. The molecule has 0 saturated carbocycles. The standard InChI is InChI=1S/C22H24ClN3O3/c1-15(10-22(27)25-19-7-5-4-6-18(19)23)17-8-9-20(28-3)21(11-17)29-14-16-12-24-26(2)13-16/h4-9,11-13,15H,10,14H2,1-3H3,(H,25,27). The maximum Gasteiger partial charge on any atom is 0.225 e. The Kier molecular flexibility index (Phi) is 6.77. The van der Waals surface area contributed by atoms with Gasteiger partial charge in [0.05, 0.1) is 24.0 Å². The van der Waals surface area contributed by atoms with Crippen molar-refractivity contribution >= 4 is 23.2 Å². The van der Waals surface area contributed by atoms with E-state index >= 15 is 0 Å². The van der Waals surface area contributed by atoms with Gasteiger partial charge in [0.15, 0.2) is 11.5 Å². The molecule has 0 bridgehead atoms. The number of benzene rings is 2. The van der Waals surface area contributed by atoms with Crippen molar-refractivity contribution in [2.75, 3.05) is 12.4 Å². The molecule has 0 aliphatic carbocycles. The topological polar surface area (TPSA) is 65.4 Å². The number of hydrogen-bond acceptors (Lipinski definition) is 4. The number of nitrogens with one attached hydrogen (secondary N) is 1. The molecule has 152 valence electrons. The Morgan fingerprint density at radius 1 is 1.24 bits per heavy atom. The number of ether oxygens (including phenoxy) is 2. The maximum absolute atomic E-state index is 12.4. The van der Waals surface area contributed by atoms with Gasteiger partial charge in [-0.3, -0.25) is 9.48 Å². The van der Waals surface area contributed by atoms with Crippen molar-refractivity contribution in [3.05, 3.63) is 71.0 Å². The first-order valence-electron chi connectivity index (χ1n) is 9.29. The number of para-hydroxylation sites is 1. The molecule has 0 fully saturated rings. The van der Waals surface area contributed by atoms with Crippen LogP contribution in [0.5, 0.6) is 11.5 Å². The van der Waals surface area contributed by atoms with E-state index in [0.717, 1.165) is 11.1 Å². The van der Waals surface area contributed by atoms with Crippen molar-refractivity contribution in [3.8, 4) is 11.5 Å². The molecule has 3 rings (SSSR count). The second-order valence-electron chi connectivity index (χ2n) is 6.85. The van der Waals surface area contributed by atoms with E-state index in [2.05, 4.69) is 10.4 Å². The van der Waals surface area contributed by atoms with Gasteiger partial charge in [-0.2, -0.15) is 5.10 Å². The highest BCUT2D eigenvalue weighted by atomic mass is 35.5. The van der Waals surface area contributed by atoms with Gasteiger partial charge in [-0.1, -0.05) is 36.7 Å². The molecule has 1 amide bonds. The van der Waals surface area contributed by atoms with Crippen LogP contribution in [0.15, 0.2) is 54.9 Å². The zero-order valence-corrected chi connectivity index (χ0v) is 17.4. The van der Waals surface area contributed by atoms with Crippen LogP contribution >= 0.6 is 11.6 Å². The first kappa shape index (κ1) is 20.7. The molecule has 0 saturated heterocycles. The second-order valence-corrected chi connectivity index (χ2v) is 7.26. The summed E-state index contributed by atoms with van der Waals surface area (Å²) in [5.41, 5.74) is 2.56. The molecule has 1 heterocycles. The average molecular weight is 414 g/mol. The highest BCUT2D eigenvalue weighted by molar-refractivity contribution is 6.33. The average Bonchev–Trinajstić information content (AvgIpc) is 3.13. The van der Waals surface area contributed by atoms with E-state index in [1.54, 1.807) is 30.1 Å². The van der Waals surface area contributed by atoms with Gasteiger partial charge >= 0.3 is 0 Å². The van der Waals surface area contributed by atoms with Gasteiger partial charge < -0.3 is 14.8 Å². The Morgan fingerprint density at radius 2 is 2.03 bits per heavy atom. The number of amides is 1. The highest BCUT2D eigenvalue weighted by Gasteiger charge is 2.15. The number of carbonyl (C=O) groups is 1. The zero-order chi connectivity index (χ0) is 20.8. The van der Waals surface area contributed by atoms with Gasteiger partial charge in [0.25, 0.3) is 0 Å². The minimum atomic E-state index is -0.0979. The summed E-state index contributed by atoms with van der Waals surface area (Å²) in [6.45, 7) is 2.38. The van der Waals surface area contributed by atoms with E-state index in [1.807, 2.05) is 50.5 Å². The lowest BCUT2D eigenvalue weighted by Gasteiger charge is -2.16. The summed E-state index contributed by atoms with van der Waals surface area (Å²) < 4.78 is 13.1. The molecule has 0 radical (unpaired) electrons. The Labute approximate surface area is 175 Å². The maximum atomic E-state index is 12.4. The van der Waals surface area contributed by atoms with E-state index in [4.69, 9.17) is 21.1 Å². The summed E-state index contributed by atoms with van der Waals surface area (Å²) in [7, 11) is 3.46. The van der Waals surface area contributed by atoms with Crippen molar-refractivity contribution < 1.29 is 14.3 Å². The lowest BCUT2D eigenvalue weighted by molar-refractivity contribution is -0.116. The zero-order valence-electron chi connectivity index (χ0n) is 16.7. The van der Waals surface area contributed by atoms with Gasteiger partial charge in [0.1, 0.15) is 6.61 Å². The number of anilines is 1. The Morgan fingerprint density at radius 3 is 2.72 bits per heavy atom. The van der Waals surface area contributed by atoms with Crippen molar-refractivity contribution in [1.82, 2.24) is 9.78 Å². The summed E-state index contributed by atoms with van der Waals surface area (Å²) in [4.78, 5) is 12.4. The molecule has 0 aliphatic heterocycles. The van der Waals surface area contributed by atoms with Crippen LogP contribution in [0.25, 0.3) is 0 Å².